The Bertz CT molecular complexity index is 2030. The molecule has 7 heteroatoms. The van der Waals surface area contributed by atoms with Crippen LogP contribution in [0.2, 0.25) is 0 Å². The molecule has 230 valence electrons. The number of ketones is 3. The second-order valence-electron chi connectivity index (χ2n) is 11.3. The molecule has 0 N–H and O–H groups in total. The van der Waals surface area contributed by atoms with Crippen molar-refractivity contribution in [1.29, 1.82) is 0 Å². The molecule has 0 amide bonds. The molecule has 0 aliphatic heterocycles. The fourth-order valence-electron chi connectivity index (χ4n) is 7.06. The molecular formula is C40H29O6P. The Balaban J connectivity index is 1.78. The highest BCUT2D eigenvalue weighted by atomic mass is 31.2. The fraction of sp³-hybridized carbons (Fsp3) is 0.0750. The Hall–Kier alpha value is -5.58. The predicted octanol–water partition coefficient (Wildman–Crippen LogP) is 5.44. The molecule has 0 heterocycles. The number of fused-ring (bicyclic) bond motifs is 1. The van der Waals surface area contributed by atoms with Gasteiger partial charge in [-0.1, -0.05) is 127 Å². The number of ether oxygens (including phenoxy) is 2. The minimum absolute atomic E-state index is 0.0328. The van der Waals surface area contributed by atoms with Crippen LogP contribution < -0.4 is 20.7 Å². The molecule has 7 rings (SSSR count). The van der Waals surface area contributed by atoms with E-state index in [9.17, 15) is 14.4 Å². The summed E-state index contributed by atoms with van der Waals surface area (Å²) in [6.45, 7) is -3.30. The van der Waals surface area contributed by atoms with Crippen LogP contribution >= 0.6 is 6.89 Å². The molecule has 0 atom stereocenters. The molecule has 6 nitrogen and oxygen atoms in total. The average molecular weight is 637 g/mol. The van der Waals surface area contributed by atoms with Crippen LogP contribution in [0.4, 0.5) is 0 Å². The molecule has 0 saturated carbocycles. The van der Waals surface area contributed by atoms with Crippen LogP contribution in [0.15, 0.2) is 145 Å². The summed E-state index contributed by atoms with van der Waals surface area (Å²) in [5, 5.41) is 2.45. The van der Waals surface area contributed by atoms with Crippen molar-refractivity contribution in [3.05, 3.63) is 162 Å². The molecule has 0 radical (unpaired) electrons. The zero-order valence-electron chi connectivity index (χ0n) is 25.7. The second-order valence-corrected chi connectivity index (χ2v) is 14.6. The largest absolute Gasteiger partial charge is 0.497 e. The van der Waals surface area contributed by atoms with Crippen molar-refractivity contribution in [2.45, 2.75) is 0 Å². The Kier molecular flexibility index (Phi) is 7.46. The summed E-state index contributed by atoms with van der Waals surface area (Å²) in [7, 11) is 2.77. The van der Waals surface area contributed by atoms with Crippen LogP contribution in [0.5, 0.6) is 5.75 Å². The van der Waals surface area contributed by atoms with Gasteiger partial charge in [0.25, 0.3) is 0 Å². The lowest BCUT2D eigenvalue weighted by atomic mass is 9.73. The van der Waals surface area contributed by atoms with E-state index in [1.807, 2.05) is 91.0 Å². The van der Waals surface area contributed by atoms with Crippen LogP contribution in [0.25, 0.3) is 5.57 Å². The molecule has 2 aliphatic rings. The van der Waals surface area contributed by atoms with Crippen molar-refractivity contribution in [1.82, 2.24) is 0 Å². The second kappa shape index (κ2) is 11.7. The van der Waals surface area contributed by atoms with Crippen molar-refractivity contribution in [3.63, 3.8) is 0 Å². The molecule has 0 aromatic heterocycles. The summed E-state index contributed by atoms with van der Waals surface area (Å²) in [6, 6.07) is 41.8. The van der Waals surface area contributed by atoms with Crippen LogP contribution in [0.3, 0.4) is 0 Å². The number of Topliss-reactive ketones (excluding diaryl/α,β-unsaturated/α-hetero) is 3. The number of hydrogen-bond acceptors (Lipinski definition) is 6. The average Bonchev–Trinajstić information content (AvgIpc) is 3.54. The van der Waals surface area contributed by atoms with Crippen molar-refractivity contribution < 1.29 is 28.7 Å². The van der Waals surface area contributed by atoms with Gasteiger partial charge in [0.1, 0.15) is 5.75 Å². The molecule has 0 bridgehead atoms. The Labute approximate surface area is 272 Å². The van der Waals surface area contributed by atoms with Crippen molar-refractivity contribution in [2.75, 3.05) is 14.2 Å². The van der Waals surface area contributed by atoms with E-state index < -0.39 is 35.6 Å². The van der Waals surface area contributed by atoms with E-state index in [1.165, 1.54) is 14.2 Å². The quantitative estimate of drug-likeness (QED) is 0.140. The summed E-state index contributed by atoms with van der Waals surface area (Å²) in [4.78, 5) is 59.8. The fourth-order valence-corrected chi connectivity index (χ4v) is 11.6. The van der Waals surface area contributed by atoms with Crippen LogP contribution in [-0.2, 0) is 14.3 Å². The maximum Gasteiger partial charge on any atom is 0.339 e. The first-order valence-corrected chi connectivity index (χ1v) is 16.9. The lowest BCUT2D eigenvalue weighted by Gasteiger charge is -2.32. The minimum atomic E-state index is -3.30. The van der Waals surface area contributed by atoms with Gasteiger partial charge in [0, 0.05) is 22.0 Å². The lowest BCUT2D eigenvalue weighted by Crippen LogP contribution is -2.44. The first-order valence-electron chi connectivity index (χ1n) is 15.1. The number of carbonyl (C=O) groups is 4. The Morgan fingerprint density at radius 3 is 1.38 bits per heavy atom. The van der Waals surface area contributed by atoms with E-state index in [1.54, 1.807) is 48.5 Å². The highest BCUT2D eigenvalue weighted by Crippen LogP contribution is 2.59. The van der Waals surface area contributed by atoms with E-state index in [-0.39, 0.29) is 27.6 Å². The Morgan fingerprint density at radius 2 is 0.979 bits per heavy atom. The van der Waals surface area contributed by atoms with Gasteiger partial charge in [-0.2, -0.15) is 0 Å². The molecule has 0 saturated heterocycles. The molecule has 1 spiro atoms. The van der Waals surface area contributed by atoms with Crippen molar-refractivity contribution >= 4 is 57.0 Å². The molecule has 5 aromatic rings. The predicted molar refractivity (Wildman–Crippen MR) is 185 cm³/mol. The van der Waals surface area contributed by atoms with E-state index in [4.69, 9.17) is 9.47 Å². The van der Waals surface area contributed by atoms with Gasteiger partial charge in [-0.3, -0.25) is 14.4 Å². The third kappa shape index (κ3) is 4.18. The summed E-state index contributed by atoms with van der Waals surface area (Å²) < 4.78 is 10.9. The number of esters is 1. The number of carbonyl (C=O) groups excluding carboxylic acids is 4. The molecular weight excluding hydrogens is 607 g/mol. The summed E-state index contributed by atoms with van der Waals surface area (Å²) in [5.74, 6) is -2.29. The smallest absolute Gasteiger partial charge is 0.339 e. The van der Waals surface area contributed by atoms with Gasteiger partial charge >= 0.3 is 5.97 Å². The minimum Gasteiger partial charge on any atom is -0.497 e. The normalized spacial score (nSPS) is 15.3. The third-order valence-electron chi connectivity index (χ3n) is 9.05. The summed E-state index contributed by atoms with van der Waals surface area (Å²) in [5.41, 5.74) is -1.71. The van der Waals surface area contributed by atoms with Gasteiger partial charge < -0.3 is 9.47 Å². The zero-order chi connectivity index (χ0) is 32.8. The van der Waals surface area contributed by atoms with E-state index >= 15 is 4.79 Å². The Morgan fingerprint density at radius 1 is 0.553 bits per heavy atom. The molecule has 0 unspecified atom stereocenters. The monoisotopic (exact) mass is 636 g/mol. The zero-order valence-corrected chi connectivity index (χ0v) is 26.6. The summed E-state index contributed by atoms with van der Waals surface area (Å²) in [6.07, 6.45) is 0. The first-order chi connectivity index (χ1) is 22.9. The number of hydrogen-bond donors (Lipinski definition) is 0. The van der Waals surface area contributed by atoms with Crippen molar-refractivity contribution in [3.8, 4) is 5.75 Å². The maximum absolute atomic E-state index is 15.8. The van der Waals surface area contributed by atoms with Gasteiger partial charge in [0.15, 0.2) is 22.8 Å². The molecule has 47 heavy (non-hydrogen) atoms. The topological polar surface area (TPSA) is 86.7 Å². The molecule has 5 aromatic carbocycles. The number of benzene rings is 5. The van der Waals surface area contributed by atoms with E-state index in [0.717, 1.165) is 15.9 Å². The molecule has 0 fully saturated rings. The SMILES string of the molecule is COC(=O)C1=C(c2ccc(OC)cc2)C2(C(=O)C1=P(c1ccccc1)(c1ccccc1)c1ccccc1)C(=O)c1ccccc1C2=O. The number of methoxy groups -OCH3 is 2. The highest BCUT2D eigenvalue weighted by molar-refractivity contribution is 7.97. The summed E-state index contributed by atoms with van der Waals surface area (Å²) >= 11 is 0. The van der Waals surface area contributed by atoms with Gasteiger partial charge in [-0.25, -0.2) is 4.79 Å². The van der Waals surface area contributed by atoms with Crippen LogP contribution in [-0.4, -0.2) is 42.8 Å². The first kappa shape index (κ1) is 30.1. The third-order valence-corrected chi connectivity index (χ3v) is 13.4. The van der Waals surface area contributed by atoms with Gasteiger partial charge in [-0.15, -0.1) is 0 Å². The number of rotatable bonds is 6. The standard InChI is InChI=1S/C40H29O6P/c1-45-27-24-22-26(23-25-27)34-33(39(44)46-2)35(38(43)40(34)36(41)31-20-12-13-21-32(31)37(40)42)47(28-14-6-3-7-15-28,29-16-8-4-9-17-29)30-18-10-5-11-19-30/h3-25H,1-2H3. The maximum atomic E-state index is 15.8. The molecule has 2 aliphatic carbocycles. The highest BCUT2D eigenvalue weighted by Gasteiger charge is 2.67. The van der Waals surface area contributed by atoms with Gasteiger partial charge in [-0.05, 0) is 40.5 Å². The van der Waals surface area contributed by atoms with Crippen LogP contribution in [0.1, 0.15) is 26.3 Å². The number of allylic oxidation sites excluding steroid dienone is 1. The van der Waals surface area contributed by atoms with E-state index in [2.05, 4.69) is 0 Å². The van der Waals surface area contributed by atoms with E-state index in [0.29, 0.717) is 11.3 Å². The van der Waals surface area contributed by atoms with Gasteiger partial charge in [0.05, 0.1) is 19.8 Å². The van der Waals surface area contributed by atoms with Crippen molar-refractivity contribution in [2.24, 2.45) is 5.41 Å². The lowest BCUT2D eigenvalue weighted by molar-refractivity contribution is -0.135. The van der Waals surface area contributed by atoms with Crippen LogP contribution in [0, 0.1) is 5.41 Å². The van der Waals surface area contributed by atoms with Gasteiger partial charge in [0.2, 0.25) is 0 Å².